The maximum absolute atomic E-state index is 5.82. The number of thiophene rings is 1. The van der Waals surface area contributed by atoms with Gasteiger partial charge >= 0.3 is 0 Å². The monoisotopic (exact) mass is 360 g/mol. The third-order valence-corrected chi connectivity index (χ3v) is 6.30. The van der Waals surface area contributed by atoms with Gasteiger partial charge in [0.15, 0.2) is 0 Å². The van der Waals surface area contributed by atoms with Gasteiger partial charge in [0.25, 0.3) is 0 Å². The number of nitrogens with two attached hydrogens (primary N) is 1. The summed E-state index contributed by atoms with van der Waals surface area (Å²) in [6.07, 6.45) is 0. The maximum atomic E-state index is 5.82. The summed E-state index contributed by atoms with van der Waals surface area (Å²) in [4.78, 5) is 1.23. The number of fused-ring (bicyclic) bond motifs is 3. The fourth-order valence-electron chi connectivity index (χ4n) is 3.85. The lowest BCUT2D eigenvalue weighted by atomic mass is 9.85. The van der Waals surface area contributed by atoms with E-state index in [4.69, 9.17) is 5.73 Å². The lowest BCUT2D eigenvalue weighted by Gasteiger charge is -2.27. The molecule has 3 N–H and O–H groups in total. The molecule has 3 heteroatoms. The Hall–Kier alpha value is -2.36. The molecule has 0 amide bonds. The van der Waals surface area contributed by atoms with Gasteiger partial charge in [-0.1, -0.05) is 43.8 Å². The van der Waals surface area contributed by atoms with E-state index in [1.54, 1.807) is 11.3 Å². The zero-order valence-corrected chi connectivity index (χ0v) is 16.3. The Labute approximate surface area is 159 Å². The number of anilines is 1. The molecule has 2 nitrogen and oxygen atoms in total. The van der Waals surface area contributed by atoms with Crippen molar-refractivity contribution in [1.82, 2.24) is 0 Å². The molecule has 0 saturated heterocycles. The molecule has 0 spiro atoms. The molecule has 1 aliphatic rings. The molecule has 1 aromatic heterocycles. The fraction of sp³-hybridized carbons (Fsp3) is 0.217. The molecule has 2 heterocycles. The van der Waals surface area contributed by atoms with Crippen LogP contribution in [0, 0.1) is 13.8 Å². The highest BCUT2D eigenvalue weighted by Crippen LogP contribution is 2.49. The Balaban J connectivity index is 1.94. The summed E-state index contributed by atoms with van der Waals surface area (Å²) in [5.41, 5.74) is 17.0. The smallest absolute Gasteiger partial charge is 0.0578 e. The van der Waals surface area contributed by atoms with Gasteiger partial charge in [-0.25, -0.2) is 0 Å². The van der Waals surface area contributed by atoms with Crippen molar-refractivity contribution in [2.45, 2.75) is 26.7 Å². The highest BCUT2D eigenvalue weighted by molar-refractivity contribution is 7.11. The van der Waals surface area contributed by atoms with E-state index in [9.17, 15) is 0 Å². The summed E-state index contributed by atoms with van der Waals surface area (Å²) in [7, 11) is 0. The first-order valence-corrected chi connectivity index (χ1v) is 9.88. The molecule has 0 saturated carbocycles. The SMILES string of the molecule is C=C1Nc2c(C)cc(C)c(-c3ccc(C(C)CN)cc3)c2-c2ccsc21. The van der Waals surface area contributed by atoms with Crippen molar-refractivity contribution in [1.29, 1.82) is 0 Å². The predicted octanol–water partition coefficient (Wildman–Crippen LogP) is 6.16. The van der Waals surface area contributed by atoms with Crippen molar-refractivity contribution in [2.24, 2.45) is 5.73 Å². The van der Waals surface area contributed by atoms with Crippen LogP contribution in [-0.2, 0) is 0 Å². The summed E-state index contributed by atoms with van der Waals surface area (Å²) >= 11 is 1.75. The minimum Gasteiger partial charge on any atom is -0.354 e. The summed E-state index contributed by atoms with van der Waals surface area (Å²) < 4.78 is 0. The average Bonchev–Trinajstić information content (AvgIpc) is 3.13. The Kier molecular flexibility index (Phi) is 4.22. The molecule has 1 unspecified atom stereocenters. The lowest BCUT2D eigenvalue weighted by Crippen LogP contribution is -2.09. The van der Waals surface area contributed by atoms with Crippen molar-refractivity contribution >= 4 is 22.7 Å². The first-order valence-electron chi connectivity index (χ1n) is 9.00. The zero-order valence-electron chi connectivity index (χ0n) is 15.5. The van der Waals surface area contributed by atoms with Gasteiger partial charge in [0.05, 0.1) is 10.6 Å². The molecular formula is C23H24N2S. The van der Waals surface area contributed by atoms with Crippen LogP contribution in [0.15, 0.2) is 48.4 Å². The summed E-state index contributed by atoms with van der Waals surface area (Å²) in [6, 6.07) is 13.4. The number of nitrogens with one attached hydrogen (secondary N) is 1. The minimum absolute atomic E-state index is 0.380. The maximum Gasteiger partial charge on any atom is 0.0578 e. The van der Waals surface area contributed by atoms with Gasteiger partial charge in [0, 0.05) is 16.8 Å². The van der Waals surface area contributed by atoms with Crippen LogP contribution < -0.4 is 11.1 Å². The second kappa shape index (κ2) is 6.42. The van der Waals surface area contributed by atoms with Gasteiger partial charge in [-0.15, -0.1) is 11.3 Å². The molecule has 26 heavy (non-hydrogen) atoms. The van der Waals surface area contributed by atoms with E-state index >= 15 is 0 Å². The van der Waals surface area contributed by atoms with E-state index in [1.165, 1.54) is 49.5 Å². The normalized spacial score (nSPS) is 13.8. The van der Waals surface area contributed by atoms with Crippen LogP contribution in [0.2, 0.25) is 0 Å². The molecule has 1 aliphatic heterocycles. The predicted molar refractivity (Wildman–Crippen MR) is 115 cm³/mol. The standard InChI is InChI=1S/C23H24N2S/c1-13-11-14(2)22-21(19-9-10-26-23(19)16(4)25-22)20(13)18-7-5-17(6-8-18)15(3)12-24/h5-11,15,25H,4,12,24H2,1-3H3. The van der Waals surface area contributed by atoms with E-state index in [1.807, 2.05) is 0 Å². The number of hydrogen-bond donors (Lipinski definition) is 2. The highest BCUT2D eigenvalue weighted by Gasteiger charge is 2.25. The largest absolute Gasteiger partial charge is 0.354 e. The molecule has 3 aromatic rings. The topological polar surface area (TPSA) is 38.0 Å². The van der Waals surface area contributed by atoms with Crippen molar-refractivity contribution in [3.8, 4) is 22.3 Å². The van der Waals surface area contributed by atoms with Crippen LogP contribution in [0.4, 0.5) is 5.69 Å². The van der Waals surface area contributed by atoms with Crippen LogP contribution in [0.1, 0.15) is 34.4 Å². The number of aryl methyl sites for hydroxylation is 2. The fourth-order valence-corrected chi connectivity index (χ4v) is 4.68. The minimum atomic E-state index is 0.380. The average molecular weight is 361 g/mol. The molecule has 4 rings (SSSR count). The van der Waals surface area contributed by atoms with Crippen molar-refractivity contribution in [3.63, 3.8) is 0 Å². The second-order valence-corrected chi connectivity index (χ2v) is 8.08. The van der Waals surface area contributed by atoms with Gasteiger partial charge in [0.1, 0.15) is 0 Å². The second-order valence-electron chi connectivity index (χ2n) is 7.16. The van der Waals surface area contributed by atoms with E-state index in [2.05, 4.69) is 74.4 Å². The van der Waals surface area contributed by atoms with Crippen molar-refractivity contribution in [2.75, 3.05) is 11.9 Å². The number of rotatable bonds is 3. The van der Waals surface area contributed by atoms with E-state index in [-0.39, 0.29) is 0 Å². The Morgan fingerprint density at radius 1 is 1.08 bits per heavy atom. The first kappa shape index (κ1) is 17.1. The van der Waals surface area contributed by atoms with E-state index < -0.39 is 0 Å². The summed E-state index contributed by atoms with van der Waals surface area (Å²) in [5, 5.41) is 5.70. The first-order chi connectivity index (χ1) is 12.5. The molecule has 0 bridgehead atoms. The van der Waals surface area contributed by atoms with Gasteiger partial charge in [-0.3, -0.25) is 0 Å². The van der Waals surface area contributed by atoms with Crippen LogP contribution >= 0.6 is 11.3 Å². The van der Waals surface area contributed by atoms with Crippen molar-refractivity contribution in [3.05, 3.63) is 69.9 Å². The van der Waals surface area contributed by atoms with Gasteiger partial charge in [-0.2, -0.15) is 0 Å². The molecular weight excluding hydrogens is 336 g/mol. The molecule has 0 aliphatic carbocycles. The molecule has 1 atom stereocenters. The Morgan fingerprint density at radius 3 is 2.50 bits per heavy atom. The van der Waals surface area contributed by atoms with Gasteiger partial charge in [-0.05, 0) is 65.6 Å². The third-order valence-electron chi connectivity index (χ3n) is 5.33. The number of hydrogen-bond acceptors (Lipinski definition) is 3. The summed E-state index contributed by atoms with van der Waals surface area (Å²) in [5.74, 6) is 0.380. The molecule has 132 valence electrons. The zero-order chi connectivity index (χ0) is 18.4. The van der Waals surface area contributed by atoms with Crippen LogP contribution in [0.3, 0.4) is 0 Å². The van der Waals surface area contributed by atoms with Crippen LogP contribution in [0.25, 0.3) is 28.0 Å². The highest BCUT2D eigenvalue weighted by atomic mass is 32.1. The molecule has 2 aromatic carbocycles. The molecule has 0 fully saturated rings. The molecule has 0 radical (unpaired) electrons. The van der Waals surface area contributed by atoms with Crippen molar-refractivity contribution < 1.29 is 0 Å². The Morgan fingerprint density at radius 2 is 1.81 bits per heavy atom. The van der Waals surface area contributed by atoms with E-state index in [0.717, 1.165) is 5.70 Å². The van der Waals surface area contributed by atoms with Gasteiger partial charge in [0.2, 0.25) is 0 Å². The third kappa shape index (κ3) is 2.59. The Bertz CT molecular complexity index is 996. The van der Waals surface area contributed by atoms with Crippen LogP contribution in [0.5, 0.6) is 0 Å². The quantitative estimate of drug-likeness (QED) is 0.587. The van der Waals surface area contributed by atoms with E-state index in [0.29, 0.717) is 12.5 Å². The number of benzene rings is 2. The van der Waals surface area contributed by atoms with Crippen LogP contribution in [-0.4, -0.2) is 6.54 Å². The summed E-state index contributed by atoms with van der Waals surface area (Å²) in [6.45, 7) is 11.4. The lowest BCUT2D eigenvalue weighted by molar-refractivity contribution is 0.774. The van der Waals surface area contributed by atoms with Gasteiger partial charge < -0.3 is 11.1 Å².